The normalized spacial score (nSPS) is 10.2. The molecule has 2 N–H and O–H groups in total. The third kappa shape index (κ3) is 2.52. The van der Waals surface area contributed by atoms with Gasteiger partial charge in [0.1, 0.15) is 23.4 Å². The Morgan fingerprint density at radius 1 is 1.37 bits per heavy atom. The minimum Gasteiger partial charge on any atom is -0.396 e. The molecule has 0 atom stereocenters. The molecule has 1 heterocycles. The van der Waals surface area contributed by atoms with E-state index < -0.39 is 0 Å². The topological polar surface area (TPSA) is 58.0 Å². The molecular formula is C14H15FN4. The highest BCUT2D eigenvalue weighted by atomic mass is 19.1. The molecule has 2 aromatic rings. The molecule has 0 fully saturated rings. The van der Waals surface area contributed by atoms with Crippen LogP contribution in [0.2, 0.25) is 0 Å². The summed E-state index contributed by atoms with van der Waals surface area (Å²) < 4.78 is 15.0. The molecule has 0 aliphatic heterocycles. The van der Waals surface area contributed by atoms with Gasteiger partial charge in [-0.05, 0) is 23.8 Å². The smallest absolute Gasteiger partial charge is 0.133 e. The first kappa shape index (κ1) is 13.0. The molecule has 0 bridgehead atoms. The zero-order chi connectivity index (χ0) is 14.0. The second-order valence-electron chi connectivity index (χ2n) is 4.53. The van der Waals surface area contributed by atoms with Crippen LogP contribution in [-0.4, -0.2) is 18.7 Å². The summed E-state index contributed by atoms with van der Waals surface area (Å²) in [7, 11) is 3.71. The summed E-state index contributed by atoms with van der Waals surface area (Å²) >= 11 is 0. The largest absolute Gasteiger partial charge is 0.396 e. The molecular weight excluding hydrogens is 243 g/mol. The van der Waals surface area contributed by atoms with Gasteiger partial charge in [0.15, 0.2) is 0 Å². The number of nitriles is 1. The number of nitrogens with two attached hydrogens (primary N) is 1. The van der Waals surface area contributed by atoms with Crippen molar-refractivity contribution in [2.24, 2.45) is 0 Å². The fraction of sp³-hybridized carbons (Fsp3) is 0.214. The van der Waals surface area contributed by atoms with Crippen LogP contribution in [0.1, 0.15) is 11.3 Å². The fourth-order valence-electron chi connectivity index (χ4n) is 2.13. The first-order valence-electron chi connectivity index (χ1n) is 5.84. The first-order valence-corrected chi connectivity index (χ1v) is 5.84. The fourth-order valence-corrected chi connectivity index (χ4v) is 2.13. The third-order valence-electron chi connectivity index (χ3n) is 2.86. The van der Waals surface area contributed by atoms with E-state index in [9.17, 15) is 4.39 Å². The molecule has 0 aliphatic carbocycles. The van der Waals surface area contributed by atoms with Crippen LogP contribution in [-0.2, 0) is 6.54 Å². The van der Waals surface area contributed by atoms with Gasteiger partial charge in [-0.15, -0.1) is 0 Å². The van der Waals surface area contributed by atoms with Crippen LogP contribution < -0.4 is 10.6 Å². The Kier molecular flexibility index (Phi) is 3.43. The highest BCUT2D eigenvalue weighted by molar-refractivity contribution is 5.67. The van der Waals surface area contributed by atoms with Crippen molar-refractivity contribution in [2.75, 3.05) is 24.7 Å². The zero-order valence-corrected chi connectivity index (χ0v) is 10.9. The lowest BCUT2D eigenvalue weighted by Crippen LogP contribution is -2.17. The van der Waals surface area contributed by atoms with E-state index in [-0.39, 0.29) is 5.82 Å². The van der Waals surface area contributed by atoms with Gasteiger partial charge in [-0.3, -0.25) is 0 Å². The van der Waals surface area contributed by atoms with E-state index in [0.717, 1.165) is 11.4 Å². The Balaban J connectivity index is 2.47. The van der Waals surface area contributed by atoms with Crippen molar-refractivity contribution in [3.8, 4) is 6.07 Å². The molecule has 4 nitrogen and oxygen atoms in total. The van der Waals surface area contributed by atoms with Gasteiger partial charge < -0.3 is 15.2 Å². The van der Waals surface area contributed by atoms with Crippen molar-refractivity contribution in [2.45, 2.75) is 6.54 Å². The zero-order valence-electron chi connectivity index (χ0n) is 10.9. The number of hydrogen-bond donors (Lipinski definition) is 1. The van der Waals surface area contributed by atoms with Crippen molar-refractivity contribution in [1.82, 2.24) is 4.57 Å². The molecule has 0 unspecified atom stereocenters. The molecule has 1 aromatic heterocycles. The van der Waals surface area contributed by atoms with Crippen molar-refractivity contribution in [3.05, 3.63) is 47.4 Å². The first-order chi connectivity index (χ1) is 9.02. The standard InChI is InChI=1S/C14H15FN4/c1-18(2)14-13(17)7-12(8-16)19(14)9-10-4-3-5-11(15)6-10/h3-7H,9,17H2,1-2H3. The van der Waals surface area contributed by atoms with E-state index in [1.54, 1.807) is 16.7 Å². The summed E-state index contributed by atoms with van der Waals surface area (Å²) in [6.07, 6.45) is 0. The number of hydrogen-bond acceptors (Lipinski definition) is 3. The monoisotopic (exact) mass is 258 g/mol. The maximum atomic E-state index is 13.2. The predicted molar refractivity (Wildman–Crippen MR) is 73.4 cm³/mol. The van der Waals surface area contributed by atoms with Gasteiger partial charge >= 0.3 is 0 Å². The number of rotatable bonds is 3. The van der Waals surface area contributed by atoms with Gasteiger partial charge in [0.05, 0.1) is 12.2 Å². The average Bonchev–Trinajstić information content (AvgIpc) is 2.65. The van der Waals surface area contributed by atoms with Crippen LogP contribution in [0.4, 0.5) is 15.9 Å². The van der Waals surface area contributed by atoms with Crippen molar-refractivity contribution < 1.29 is 4.39 Å². The maximum Gasteiger partial charge on any atom is 0.133 e. The Morgan fingerprint density at radius 3 is 2.68 bits per heavy atom. The molecule has 19 heavy (non-hydrogen) atoms. The maximum absolute atomic E-state index is 13.2. The lowest BCUT2D eigenvalue weighted by atomic mass is 10.2. The van der Waals surface area contributed by atoms with E-state index in [1.165, 1.54) is 12.1 Å². The minimum atomic E-state index is -0.289. The van der Waals surface area contributed by atoms with Gasteiger partial charge in [0.2, 0.25) is 0 Å². The van der Waals surface area contributed by atoms with Gasteiger partial charge in [-0.25, -0.2) is 4.39 Å². The summed E-state index contributed by atoms with van der Waals surface area (Å²) in [6, 6.07) is 10.1. The Labute approximate surface area is 111 Å². The van der Waals surface area contributed by atoms with Crippen molar-refractivity contribution >= 4 is 11.5 Å². The summed E-state index contributed by atoms with van der Waals surface area (Å²) in [4.78, 5) is 1.84. The molecule has 1 aromatic carbocycles. The lowest BCUT2D eigenvalue weighted by Gasteiger charge is -2.18. The Hall–Kier alpha value is -2.48. The molecule has 98 valence electrons. The number of nitrogen functional groups attached to an aromatic ring is 1. The highest BCUT2D eigenvalue weighted by Crippen LogP contribution is 2.27. The van der Waals surface area contributed by atoms with Crippen LogP contribution in [0.3, 0.4) is 0 Å². The van der Waals surface area contributed by atoms with E-state index in [4.69, 9.17) is 11.0 Å². The molecule has 0 spiro atoms. The van der Waals surface area contributed by atoms with Crippen LogP contribution in [0.15, 0.2) is 30.3 Å². The van der Waals surface area contributed by atoms with Crippen LogP contribution in [0, 0.1) is 17.1 Å². The van der Waals surface area contributed by atoms with E-state index in [0.29, 0.717) is 17.9 Å². The van der Waals surface area contributed by atoms with Crippen molar-refractivity contribution in [3.63, 3.8) is 0 Å². The predicted octanol–water partition coefficient (Wildman–Crippen LogP) is 2.20. The molecule has 0 saturated carbocycles. The second kappa shape index (κ2) is 5.02. The Bertz CT molecular complexity index is 637. The van der Waals surface area contributed by atoms with E-state index in [1.807, 2.05) is 25.1 Å². The second-order valence-corrected chi connectivity index (χ2v) is 4.53. The SMILES string of the molecule is CN(C)c1c(N)cc(C#N)n1Cc1cccc(F)c1. The number of benzene rings is 1. The number of aromatic nitrogens is 1. The molecule has 0 aliphatic rings. The minimum absolute atomic E-state index is 0.289. The molecule has 0 saturated heterocycles. The van der Waals surface area contributed by atoms with Crippen LogP contribution >= 0.6 is 0 Å². The molecule has 0 radical (unpaired) electrons. The molecule has 5 heteroatoms. The third-order valence-corrected chi connectivity index (χ3v) is 2.86. The van der Waals surface area contributed by atoms with E-state index in [2.05, 4.69) is 6.07 Å². The van der Waals surface area contributed by atoms with E-state index >= 15 is 0 Å². The Morgan fingerprint density at radius 2 is 2.11 bits per heavy atom. The van der Waals surface area contributed by atoms with Gasteiger partial charge in [-0.1, -0.05) is 12.1 Å². The summed E-state index contributed by atoms with van der Waals surface area (Å²) in [5.41, 5.74) is 7.70. The van der Waals surface area contributed by atoms with Gasteiger partial charge in [-0.2, -0.15) is 5.26 Å². The summed E-state index contributed by atoms with van der Waals surface area (Å²) in [5.74, 6) is 0.461. The van der Waals surface area contributed by atoms with Crippen molar-refractivity contribution in [1.29, 1.82) is 5.26 Å². The van der Waals surface area contributed by atoms with Gasteiger partial charge in [0.25, 0.3) is 0 Å². The lowest BCUT2D eigenvalue weighted by molar-refractivity contribution is 0.623. The van der Waals surface area contributed by atoms with Gasteiger partial charge in [0, 0.05) is 14.1 Å². The highest BCUT2D eigenvalue weighted by Gasteiger charge is 2.15. The molecule has 0 amide bonds. The number of halogens is 1. The van der Waals surface area contributed by atoms with Crippen LogP contribution in [0.5, 0.6) is 0 Å². The summed E-state index contributed by atoms with van der Waals surface area (Å²) in [6.45, 7) is 0.408. The molecule has 2 rings (SSSR count). The number of anilines is 2. The van der Waals surface area contributed by atoms with Crippen LogP contribution in [0.25, 0.3) is 0 Å². The average molecular weight is 258 g/mol. The quantitative estimate of drug-likeness (QED) is 0.918. The number of nitrogens with zero attached hydrogens (tertiary/aromatic N) is 3. The summed E-state index contributed by atoms with van der Waals surface area (Å²) in [5, 5.41) is 9.15.